The zero-order chi connectivity index (χ0) is 19.6. The molecule has 0 aromatic carbocycles. The highest BCUT2D eigenvalue weighted by molar-refractivity contribution is 7.09. The zero-order valence-electron chi connectivity index (χ0n) is 16.6. The number of nitrogens with zero attached hydrogens (tertiary/aromatic N) is 4. The first-order chi connectivity index (χ1) is 13.6. The normalized spacial score (nSPS) is 22.1. The molecule has 28 heavy (non-hydrogen) atoms. The number of likely N-dealkylation sites (tertiary alicyclic amines) is 2. The predicted molar refractivity (Wildman–Crippen MR) is 109 cm³/mol. The van der Waals surface area contributed by atoms with Gasteiger partial charge in [-0.25, -0.2) is 4.98 Å². The Balaban J connectivity index is 1.40. The summed E-state index contributed by atoms with van der Waals surface area (Å²) in [6, 6.07) is 4.56. The molecule has 150 valence electrons. The molecule has 1 amide bonds. The van der Waals surface area contributed by atoms with E-state index in [0.717, 1.165) is 57.1 Å². The van der Waals surface area contributed by atoms with Crippen LogP contribution in [0.5, 0.6) is 0 Å². The monoisotopic (exact) mass is 400 g/mol. The molecular weight excluding hydrogens is 372 g/mol. The highest BCUT2D eigenvalue weighted by Gasteiger charge is 2.46. The number of aromatic nitrogens is 2. The second-order valence-electron chi connectivity index (χ2n) is 8.12. The molecule has 0 N–H and O–H groups in total. The number of piperidine rings is 1. The van der Waals surface area contributed by atoms with Gasteiger partial charge in [0.15, 0.2) is 0 Å². The Kier molecular flexibility index (Phi) is 5.75. The number of hydrogen-bond donors (Lipinski definition) is 0. The lowest BCUT2D eigenvalue weighted by Gasteiger charge is -2.39. The van der Waals surface area contributed by atoms with Gasteiger partial charge in [0.1, 0.15) is 5.69 Å². The molecule has 0 aliphatic carbocycles. The molecule has 2 aliphatic heterocycles. The Morgan fingerprint density at radius 3 is 2.86 bits per heavy atom. The van der Waals surface area contributed by atoms with Gasteiger partial charge in [0.25, 0.3) is 5.91 Å². The smallest absolute Gasteiger partial charge is 0.273 e. The van der Waals surface area contributed by atoms with Crippen molar-refractivity contribution in [2.45, 2.75) is 38.8 Å². The van der Waals surface area contributed by atoms with E-state index in [-0.39, 0.29) is 11.3 Å². The van der Waals surface area contributed by atoms with Crippen LogP contribution in [0.2, 0.25) is 0 Å². The van der Waals surface area contributed by atoms with E-state index in [2.05, 4.69) is 20.9 Å². The van der Waals surface area contributed by atoms with E-state index in [1.165, 1.54) is 16.9 Å². The van der Waals surface area contributed by atoms with E-state index in [4.69, 9.17) is 4.74 Å². The number of aryl methyl sites for hydroxylation is 1. The van der Waals surface area contributed by atoms with Gasteiger partial charge in [0, 0.05) is 57.1 Å². The van der Waals surface area contributed by atoms with Crippen molar-refractivity contribution in [2.24, 2.45) is 5.41 Å². The quantitative estimate of drug-likeness (QED) is 0.772. The Labute approximate surface area is 170 Å². The number of ether oxygens (including phenoxy) is 1. The molecule has 4 heterocycles. The average molecular weight is 401 g/mol. The van der Waals surface area contributed by atoms with E-state index >= 15 is 0 Å². The first-order valence-corrected chi connectivity index (χ1v) is 10.8. The Hall–Kier alpha value is -1.83. The van der Waals surface area contributed by atoms with E-state index < -0.39 is 0 Å². The number of methoxy groups -OCH3 is 1. The van der Waals surface area contributed by atoms with Crippen LogP contribution in [-0.2, 0) is 11.3 Å². The van der Waals surface area contributed by atoms with E-state index in [1.54, 1.807) is 7.11 Å². The first kappa shape index (κ1) is 19.5. The van der Waals surface area contributed by atoms with E-state index in [0.29, 0.717) is 11.7 Å². The molecule has 7 heteroatoms. The Morgan fingerprint density at radius 1 is 1.39 bits per heavy atom. The fourth-order valence-corrected chi connectivity index (χ4v) is 5.28. The number of hydrogen-bond acceptors (Lipinski definition) is 6. The maximum Gasteiger partial charge on any atom is 0.273 e. The summed E-state index contributed by atoms with van der Waals surface area (Å²) in [5.74, 6) is 0.0813. The van der Waals surface area contributed by atoms with Crippen LogP contribution in [0.3, 0.4) is 0 Å². The summed E-state index contributed by atoms with van der Waals surface area (Å²) >= 11 is 1.54. The van der Waals surface area contributed by atoms with Gasteiger partial charge in [-0.05, 0) is 43.2 Å². The van der Waals surface area contributed by atoms with Crippen LogP contribution in [0.4, 0.5) is 0 Å². The zero-order valence-corrected chi connectivity index (χ0v) is 17.5. The van der Waals surface area contributed by atoms with Crippen molar-refractivity contribution in [2.75, 3.05) is 33.4 Å². The second-order valence-corrected chi connectivity index (χ2v) is 9.19. The number of carbonyl (C=O) groups excluding carboxylic acids is 1. The lowest BCUT2D eigenvalue weighted by Crippen LogP contribution is -2.44. The third-order valence-corrected chi connectivity index (χ3v) is 6.91. The second kappa shape index (κ2) is 8.27. The van der Waals surface area contributed by atoms with Gasteiger partial charge in [0.05, 0.1) is 11.6 Å². The first-order valence-electron chi connectivity index (χ1n) is 9.92. The van der Waals surface area contributed by atoms with E-state index in [9.17, 15) is 4.79 Å². The predicted octanol–water partition coefficient (Wildman–Crippen LogP) is 2.99. The van der Waals surface area contributed by atoms with Gasteiger partial charge < -0.3 is 9.64 Å². The fraction of sp³-hybridized carbons (Fsp3) is 0.571. The minimum absolute atomic E-state index is 0.0813. The van der Waals surface area contributed by atoms with Gasteiger partial charge >= 0.3 is 0 Å². The molecule has 1 spiro atoms. The van der Waals surface area contributed by atoms with Crippen molar-refractivity contribution in [1.29, 1.82) is 0 Å². The van der Waals surface area contributed by atoms with Gasteiger partial charge in [-0.15, -0.1) is 11.3 Å². The van der Waals surface area contributed by atoms with Crippen molar-refractivity contribution in [1.82, 2.24) is 19.8 Å². The number of pyridine rings is 1. The molecule has 1 atom stereocenters. The molecule has 2 saturated heterocycles. The van der Waals surface area contributed by atoms with Gasteiger partial charge in [-0.2, -0.15) is 0 Å². The maximum atomic E-state index is 12.7. The molecule has 2 aromatic rings. The molecule has 0 unspecified atom stereocenters. The highest BCUT2D eigenvalue weighted by atomic mass is 32.1. The number of rotatable bonds is 5. The van der Waals surface area contributed by atoms with Gasteiger partial charge in [0.2, 0.25) is 0 Å². The van der Waals surface area contributed by atoms with Gasteiger partial charge in [-0.1, -0.05) is 6.07 Å². The van der Waals surface area contributed by atoms with Crippen molar-refractivity contribution in [3.05, 3.63) is 46.2 Å². The number of amides is 1. The molecule has 0 bridgehead atoms. The van der Waals surface area contributed by atoms with Gasteiger partial charge in [-0.3, -0.25) is 14.7 Å². The highest BCUT2D eigenvalue weighted by Crippen LogP contribution is 2.44. The lowest BCUT2D eigenvalue weighted by molar-refractivity contribution is 0.0582. The third kappa shape index (κ3) is 4.11. The summed E-state index contributed by atoms with van der Waals surface area (Å²) in [7, 11) is 1.78. The Bertz CT molecular complexity index is 802. The van der Waals surface area contributed by atoms with Crippen molar-refractivity contribution in [3.63, 3.8) is 0 Å². The number of carbonyl (C=O) groups is 1. The summed E-state index contributed by atoms with van der Waals surface area (Å²) in [6.45, 7) is 6.30. The standard InChI is InChI=1S/C21H28N4O2S/c1-16-23-19(14-28-16)20(26)24-8-5-21(6-9-24)10-18(13-27-2)25(15-21)12-17-4-3-7-22-11-17/h3-4,7,11,14,18H,5-6,8-10,12-13,15H2,1-2H3/t18-/m1/s1. The average Bonchev–Trinajstić information content (AvgIpc) is 3.27. The molecule has 6 nitrogen and oxygen atoms in total. The van der Waals surface area contributed by atoms with Crippen LogP contribution in [-0.4, -0.2) is 65.1 Å². The largest absolute Gasteiger partial charge is 0.383 e. The molecule has 4 rings (SSSR count). The minimum atomic E-state index is 0.0813. The van der Waals surface area contributed by atoms with Crippen LogP contribution < -0.4 is 0 Å². The summed E-state index contributed by atoms with van der Waals surface area (Å²) in [5.41, 5.74) is 2.12. The van der Waals surface area contributed by atoms with Crippen LogP contribution in [0, 0.1) is 12.3 Å². The fourth-order valence-electron chi connectivity index (χ4n) is 4.69. The van der Waals surface area contributed by atoms with Crippen LogP contribution in [0.25, 0.3) is 0 Å². The maximum absolute atomic E-state index is 12.7. The molecule has 2 aliphatic rings. The summed E-state index contributed by atoms with van der Waals surface area (Å²) in [4.78, 5) is 25.9. The minimum Gasteiger partial charge on any atom is -0.383 e. The summed E-state index contributed by atoms with van der Waals surface area (Å²) in [5, 5.41) is 2.82. The summed E-state index contributed by atoms with van der Waals surface area (Å²) < 4.78 is 5.52. The van der Waals surface area contributed by atoms with Crippen LogP contribution >= 0.6 is 11.3 Å². The Morgan fingerprint density at radius 2 is 2.21 bits per heavy atom. The topological polar surface area (TPSA) is 58.6 Å². The molecule has 0 radical (unpaired) electrons. The van der Waals surface area contributed by atoms with Crippen molar-refractivity contribution in [3.8, 4) is 0 Å². The molecular formula is C21H28N4O2S. The summed E-state index contributed by atoms with van der Waals surface area (Å²) in [6.07, 6.45) is 7.00. The molecule has 2 fully saturated rings. The van der Waals surface area contributed by atoms with Crippen molar-refractivity contribution >= 4 is 17.2 Å². The lowest BCUT2D eigenvalue weighted by atomic mass is 9.76. The number of thiazole rings is 1. The van der Waals surface area contributed by atoms with E-state index in [1.807, 2.05) is 35.7 Å². The van der Waals surface area contributed by atoms with Crippen LogP contribution in [0.1, 0.15) is 40.3 Å². The molecule has 2 aromatic heterocycles. The van der Waals surface area contributed by atoms with Crippen LogP contribution in [0.15, 0.2) is 29.9 Å². The third-order valence-electron chi connectivity index (χ3n) is 6.14. The SMILES string of the molecule is COC[C@H]1CC2(CCN(C(=O)c3csc(C)n3)CC2)CN1Cc1cccnc1. The molecule has 0 saturated carbocycles. The van der Waals surface area contributed by atoms with Crippen molar-refractivity contribution < 1.29 is 9.53 Å².